The van der Waals surface area contributed by atoms with Crippen molar-refractivity contribution in [3.05, 3.63) is 88.4 Å². The van der Waals surface area contributed by atoms with Gasteiger partial charge >= 0.3 is 6.18 Å². The molecule has 0 saturated carbocycles. The number of methoxy groups -OCH3 is 1. The van der Waals surface area contributed by atoms with Crippen molar-refractivity contribution in [2.45, 2.75) is 26.2 Å². The van der Waals surface area contributed by atoms with Crippen molar-refractivity contribution in [2.75, 3.05) is 44.5 Å². The normalized spacial score (nSPS) is 11.1. The molecule has 236 valence electrons. The number of aliphatic hydroxyl groups is 1. The van der Waals surface area contributed by atoms with Crippen LogP contribution in [0.3, 0.4) is 0 Å². The van der Waals surface area contributed by atoms with Gasteiger partial charge in [-0.05, 0) is 49.4 Å². The van der Waals surface area contributed by atoms with Gasteiger partial charge in [-0.1, -0.05) is 24.0 Å². The summed E-state index contributed by atoms with van der Waals surface area (Å²) in [6.07, 6.45) is 0.128. The molecule has 0 aliphatic rings. The summed E-state index contributed by atoms with van der Waals surface area (Å²) in [4.78, 5) is 21.5. The molecule has 0 unspecified atom stereocenters. The van der Waals surface area contributed by atoms with Crippen LogP contribution in [0, 0.1) is 18.8 Å². The second-order valence-electron chi connectivity index (χ2n) is 9.84. The molecule has 45 heavy (non-hydrogen) atoms. The SMILES string of the molecule is CNCCNCc1ccc(NC(=O)c2ccc(C)c(C#Cc3cnc(Nc4cn(CCO)nc4OC)nc3)c2)cc1C(F)(F)F. The van der Waals surface area contributed by atoms with Crippen LogP contribution in [0.4, 0.5) is 30.5 Å². The minimum atomic E-state index is -4.58. The zero-order valence-electron chi connectivity index (χ0n) is 24.9. The molecule has 0 atom stereocenters. The molecule has 4 aromatic rings. The zero-order valence-corrected chi connectivity index (χ0v) is 24.9. The lowest BCUT2D eigenvalue weighted by Gasteiger charge is -2.16. The van der Waals surface area contributed by atoms with E-state index < -0.39 is 17.6 Å². The van der Waals surface area contributed by atoms with E-state index >= 15 is 0 Å². The summed E-state index contributed by atoms with van der Waals surface area (Å²) in [5.41, 5.74) is 1.95. The summed E-state index contributed by atoms with van der Waals surface area (Å²) in [5.74, 6) is 6.01. The number of nitrogens with zero attached hydrogens (tertiary/aromatic N) is 4. The quantitative estimate of drug-likeness (QED) is 0.118. The molecule has 1 amide bonds. The molecule has 4 rings (SSSR count). The molecule has 0 aliphatic carbocycles. The Labute approximate surface area is 258 Å². The first-order valence-corrected chi connectivity index (χ1v) is 13.9. The fraction of sp³-hybridized carbons (Fsp3) is 0.290. The number of alkyl halides is 3. The van der Waals surface area contributed by atoms with Gasteiger partial charge in [-0.3, -0.25) is 9.48 Å². The Morgan fingerprint density at radius 2 is 1.87 bits per heavy atom. The number of benzene rings is 2. The Kier molecular flexibility index (Phi) is 11.1. The Bertz CT molecular complexity index is 1680. The molecule has 2 aromatic heterocycles. The highest BCUT2D eigenvalue weighted by molar-refractivity contribution is 6.04. The molecule has 2 heterocycles. The highest BCUT2D eigenvalue weighted by Gasteiger charge is 2.33. The molecule has 11 nitrogen and oxygen atoms in total. The largest absolute Gasteiger partial charge is 0.478 e. The Hall–Kier alpha value is -4.97. The number of amides is 1. The van der Waals surface area contributed by atoms with E-state index in [0.717, 1.165) is 11.6 Å². The minimum absolute atomic E-state index is 0.0312. The van der Waals surface area contributed by atoms with Gasteiger partial charge in [0.15, 0.2) is 0 Å². The molecule has 0 saturated heterocycles. The van der Waals surface area contributed by atoms with Gasteiger partial charge in [-0.2, -0.15) is 13.2 Å². The number of aliphatic hydroxyl groups excluding tert-OH is 1. The van der Waals surface area contributed by atoms with Gasteiger partial charge in [0.05, 0.1) is 37.6 Å². The van der Waals surface area contributed by atoms with E-state index in [1.54, 1.807) is 31.4 Å². The van der Waals surface area contributed by atoms with E-state index in [9.17, 15) is 18.0 Å². The number of rotatable bonds is 12. The molecular formula is C31H33F3N8O3. The minimum Gasteiger partial charge on any atom is -0.478 e. The van der Waals surface area contributed by atoms with E-state index in [0.29, 0.717) is 42.3 Å². The molecule has 0 fully saturated rings. The van der Waals surface area contributed by atoms with E-state index in [2.05, 4.69) is 48.2 Å². The third kappa shape index (κ3) is 9.02. The maximum absolute atomic E-state index is 13.8. The van der Waals surface area contributed by atoms with Crippen molar-refractivity contribution >= 4 is 23.2 Å². The molecule has 2 aromatic carbocycles. The van der Waals surface area contributed by atoms with Crippen molar-refractivity contribution in [3.8, 4) is 17.7 Å². The fourth-order valence-electron chi connectivity index (χ4n) is 4.18. The van der Waals surface area contributed by atoms with Crippen LogP contribution in [0.5, 0.6) is 5.88 Å². The van der Waals surface area contributed by atoms with Crippen LogP contribution in [0.25, 0.3) is 0 Å². The maximum Gasteiger partial charge on any atom is 0.416 e. The van der Waals surface area contributed by atoms with Gasteiger partial charge in [0.2, 0.25) is 5.95 Å². The third-order valence-electron chi connectivity index (χ3n) is 6.53. The Balaban J connectivity index is 1.45. The standard InChI is InChI=1S/C31H33F3N8O3/c1-20-4-6-23(28(44)39-25-9-8-24(18-36-11-10-35-2)26(15-25)31(32,33)34)14-22(20)7-5-21-16-37-30(38-17-21)40-27-19-42(12-13-43)41-29(27)45-3/h4,6,8-9,14-17,19,35-36,43H,10-13,18H2,1-3H3,(H,39,44)(H,37,38,40). The number of aryl methyl sites for hydroxylation is 1. The highest BCUT2D eigenvalue weighted by atomic mass is 19.4. The smallest absolute Gasteiger partial charge is 0.416 e. The summed E-state index contributed by atoms with van der Waals surface area (Å²) < 4.78 is 48.1. The zero-order chi connectivity index (χ0) is 32.4. The first-order valence-electron chi connectivity index (χ1n) is 13.9. The molecular weight excluding hydrogens is 589 g/mol. The lowest BCUT2D eigenvalue weighted by molar-refractivity contribution is -0.138. The summed E-state index contributed by atoms with van der Waals surface area (Å²) in [6.45, 7) is 3.23. The summed E-state index contributed by atoms with van der Waals surface area (Å²) >= 11 is 0. The number of aromatic nitrogens is 4. The monoisotopic (exact) mass is 622 g/mol. The number of nitrogens with one attached hydrogen (secondary N) is 4. The van der Waals surface area contributed by atoms with Crippen molar-refractivity contribution in [1.29, 1.82) is 0 Å². The van der Waals surface area contributed by atoms with Gasteiger partial charge in [-0.15, -0.1) is 5.10 Å². The predicted octanol–water partition coefficient (Wildman–Crippen LogP) is 3.71. The highest BCUT2D eigenvalue weighted by Crippen LogP contribution is 2.34. The van der Waals surface area contributed by atoms with E-state index in [4.69, 9.17) is 9.84 Å². The van der Waals surface area contributed by atoms with E-state index in [1.165, 1.54) is 36.3 Å². The second kappa shape index (κ2) is 15.2. The molecule has 0 aliphatic heterocycles. The number of carbonyl (C=O) groups is 1. The van der Waals surface area contributed by atoms with Crippen LogP contribution in [-0.2, 0) is 19.3 Å². The summed E-state index contributed by atoms with van der Waals surface area (Å²) in [5, 5.41) is 24.8. The van der Waals surface area contributed by atoms with Gasteiger partial charge in [0.25, 0.3) is 11.8 Å². The fourth-order valence-corrected chi connectivity index (χ4v) is 4.18. The number of hydrogen-bond donors (Lipinski definition) is 5. The van der Waals surface area contributed by atoms with Crippen LogP contribution >= 0.6 is 0 Å². The van der Waals surface area contributed by atoms with Crippen molar-refractivity contribution in [3.63, 3.8) is 0 Å². The van der Waals surface area contributed by atoms with Crippen molar-refractivity contribution in [2.24, 2.45) is 0 Å². The number of anilines is 3. The average molecular weight is 623 g/mol. The van der Waals surface area contributed by atoms with Gasteiger partial charge in [0.1, 0.15) is 5.69 Å². The molecule has 0 spiro atoms. The van der Waals surface area contributed by atoms with Gasteiger partial charge in [-0.25, -0.2) is 9.97 Å². The predicted molar refractivity (Wildman–Crippen MR) is 163 cm³/mol. The van der Waals surface area contributed by atoms with Crippen LogP contribution in [-0.4, -0.2) is 64.6 Å². The van der Waals surface area contributed by atoms with E-state index in [-0.39, 0.29) is 35.9 Å². The van der Waals surface area contributed by atoms with Crippen LogP contribution in [0.1, 0.15) is 38.2 Å². The van der Waals surface area contributed by atoms with Crippen molar-refractivity contribution in [1.82, 2.24) is 30.4 Å². The second-order valence-corrected chi connectivity index (χ2v) is 9.84. The number of halogens is 3. The van der Waals surface area contributed by atoms with E-state index in [1.807, 2.05) is 6.92 Å². The topological polar surface area (TPSA) is 138 Å². The molecule has 5 N–H and O–H groups in total. The average Bonchev–Trinajstić information content (AvgIpc) is 3.40. The number of likely N-dealkylation sites (N-methyl/N-ethyl adjacent to an activating group) is 1. The van der Waals surface area contributed by atoms with Crippen LogP contribution in [0.15, 0.2) is 55.0 Å². The third-order valence-corrected chi connectivity index (χ3v) is 6.53. The van der Waals surface area contributed by atoms with Gasteiger partial charge < -0.3 is 31.1 Å². The van der Waals surface area contributed by atoms with Gasteiger partial charge in [0, 0.05) is 48.8 Å². The lowest BCUT2D eigenvalue weighted by atomic mass is 10.0. The first-order chi connectivity index (χ1) is 21.6. The first kappa shape index (κ1) is 32.9. The maximum atomic E-state index is 13.8. The number of hydrogen-bond acceptors (Lipinski definition) is 9. The number of ether oxygens (including phenoxy) is 1. The Morgan fingerprint density at radius 3 is 2.56 bits per heavy atom. The summed E-state index contributed by atoms with van der Waals surface area (Å²) in [6, 6.07) is 8.63. The number of carbonyl (C=O) groups excluding carboxylic acids is 1. The molecule has 0 bridgehead atoms. The van der Waals surface area contributed by atoms with Crippen LogP contribution < -0.4 is 26.0 Å². The summed E-state index contributed by atoms with van der Waals surface area (Å²) in [7, 11) is 3.24. The Morgan fingerprint density at radius 1 is 1.09 bits per heavy atom. The molecule has 14 heteroatoms. The molecule has 0 radical (unpaired) electrons. The van der Waals surface area contributed by atoms with Crippen LogP contribution in [0.2, 0.25) is 0 Å². The van der Waals surface area contributed by atoms with Crippen molar-refractivity contribution < 1.29 is 27.8 Å². The lowest BCUT2D eigenvalue weighted by Crippen LogP contribution is -2.25.